The molecule has 9 heteroatoms. The second-order valence-corrected chi connectivity index (χ2v) is 10.8. The fourth-order valence-electron chi connectivity index (χ4n) is 2.75. The summed E-state index contributed by atoms with van der Waals surface area (Å²) in [5.41, 5.74) is 1.76. The van der Waals surface area contributed by atoms with E-state index < -0.39 is 10.0 Å². The van der Waals surface area contributed by atoms with Crippen LogP contribution >= 0.6 is 11.8 Å². The van der Waals surface area contributed by atoms with E-state index in [4.69, 9.17) is 4.74 Å². The van der Waals surface area contributed by atoms with Gasteiger partial charge in [-0.2, -0.15) is 16.1 Å². The molecule has 158 valence electrons. The van der Waals surface area contributed by atoms with Crippen molar-refractivity contribution in [2.45, 2.75) is 30.9 Å². The molecule has 0 aliphatic carbocycles. The smallest absolute Gasteiger partial charge is 0.218 e. The third-order valence-corrected chi connectivity index (χ3v) is 7.80. The first kappa shape index (κ1) is 23.0. The molecule has 1 fully saturated rings. The van der Waals surface area contributed by atoms with Crippen LogP contribution in [-0.4, -0.2) is 69.6 Å². The zero-order valence-electron chi connectivity index (χ0n) is 17.2. The molecule has 0 aromatic heterocycles. The minimum absolute atomic E-state index is 0.00358. The van der Waals surface area contributed by atoms with Gasteiger partial charge in [0.25, 0.3) is 0 Å². The maximum atomic E-state index is 12.8. The zero-order valence-corrected chi connectivity index (χ0v) is 18.8. The van der Waals surface area contributed by atoms with Crippen molar-refractivity contribution in [3.8, 4) is 0 Å². The van der Waals surface area contributed by atoms with E-state index in [1.165, 1.54) is 4.31 Å². The summed E-state index contributed by atoms with van der Waals surface area (Å²) in [4.78, 5) is 4.26. The van der Waals surface area contributed by atoms with E-state index in [1.54, 1.807) is 18.8 Å². The number of sulfonamides is 1. The van der Waals surface area contributed by atoms with Crippen LogP contribution in [0.2, 0.25) is 0 Å². The third kappa shape index (κ3) is 6.95. The number of hydrogen-bond acceptors (Lipinski definition) is 5. The molecule has 0 atom stereocenters. The number of nitrogens with one attached hydrogen (secondary N) is 2. The largest absolute Gasteiger partial charge is 0.379 e. The lowest BCUT2D eigenvalue weighted by Crippen LogP contribution is -2.43. The lowest BCUT2D eigenvalue weighted by molar-refractivity contribution is 0.0729. The molecule has 0 amide bonds. The van der Waals surface area contributed by atoms with Crippen LogP contribution in [0.1, 0.15) is 25.0 Å². The second kappa shape index (κ2) is 10.5. The van der Waals surface area contributed by atoms with E-state index in [-0.39, 0.29) is 10.5 Å². The van der Waals surface area contributed by atoms with E-state index in [1.807, 2.05) is 24.3 Å². The monoisotopic (exact) mass is 428 g/mol. The number of hydrogen-bond donors (Lipinski definition) is 2. The van der Waals surface area contributed by atoms with Gasteiger partial charge in [-0.3, -0.25) is 4.99 Å². The molecule has 0 spiro atoms. The zero-order chi connectivity index (χ0) is 20.6. The van der Waals surface area contributed by atoms with Crippen molar-refractivity contribution in [3.63, 3.8) is 0 Å². The summed E-state index contributed by atoms with van der Waals surface area (Å²) in [5, 5.41) is 6.62. The first-order chi connectivity index (χ1) is 13.3. The van der Waals surface area contributed by atoms with Gasteiger partial charge in [0.15, 0.2) is 5.96 Å². The second-order valence-electron chi connectivity index (χ2n) is 7.28. The Morgan fingerprint density at radius 2 is 1.86 bits per heavy atom. The molecule has 1 saturated heterocycles. The number of morpholine rings is 1. The molecule has 0 saturated carbocycles. The van der Waals surface area contributed by atoms with Crippen LogP contribution in [-0.2, 0) is 27.1 Å². The fraction of sp³-hybridized carbons (Fsp3) is 0.632. The van der Waals surface area contributed by atoms with Gasteiger partial charge in [-0.1, -0.05) is 24.3 Å². The molecule has 1 aromatic carbocycles. The highest BCUT2D eigenvalue weighted by atomic mass is 32.2. The van der Waals surface area contributed by atoms with Crippen molar-refractivity contribution in [1.82, 2.24) is 14.9 Å². The average molecular weight is 429 g/mol. The number of rotatable bonds is 8. The fourth-order valence-corrected chi connectivity index (χ4v) is 4.53. The van der Waals surface area contributed by atoms with Crippen LogP contribution < -0.4 is 10.6 Å². The Hall–Kier alpha value is -1.29. The van der Waals surface area contributed by atoms with Crippen molar-refractivity contribution in [2.75, 3.05) is 46.2 Å². The minimum atomic E-state index is -3.36. The number of thioether (sulfide) groups is 1. The van der Waals surface area contributed by atoms with Gasteiger partial charge in [0.1, 0.15) is 0 Å². The topological polar surface area (TPSA) is 83.0 Å². The summed E-state index contributed by atoms with van der Waals surface area (Å²) in [6, 6.07) is 7.63. The first-order valence-electron chi connectivity index (χ1n) is 9.39. The molecule has 0 bridgehead atoms. The predicted octanol–water partition coefficient (Wildman–Crippen LogP) is 1.66. The van der Waals surface area contributed by atoms with E-state index >= 15 is 0 Å². The molecule has 7 nitrogen and oxygen atoms in total. The molecule has 28 heavy (non-hydrogen) atoms. The van der Waals surface area contributed by atoms with E-state index in [9.17, 15) is 8.42 Å². The standard InChI is InChI=1S/C19H32N4O3S2/c1-19(2,27-4)15-22-18(20-3)21-13-16-7-5-6-8-17(16)14-28(24,25)23-9-11-26-12-10-23/h5-8H,9-15H2,1-4H3,(H2,20,21,22). The van der Waals surface area contributed by atoms with Crippen molar-refractivity contribution < 1.29 is 13.2 Å². The molecule has 2 N–H and O–H groups in total. The van der Waals surface area contributed by atoms with Gasteiger partial charge >= 0.3 is 0 Å². The summed E-state index contributed by atoms with van der Waals surface area (Å²) >= 11 is 1.79. The summed E-state index contributed by atoms with van der Waals surface area (Å²) < 4.78 is 32.4. The average Bonchev–Trinajstić information content (AvgIpc) is 2.69. The van der Waals surface area contributed by atoms with Crippen molar-refractivity contribution in [2.24, 2.45) is 4.99 Å². The minimum Gasteiger partial charge on any atom is -0.379 e. The van der Waals surface area contributed by atoms with Gasteiger partial charge in [0.2, 0.25) is 10.0 Å². The number of aliphatic imine (C=N–C) groups is 1. The van der Waals surface area contributed by atoms with Crippen LogP contribution in [0.4, 0.5) is 0 Å². The van der Waals surface area contributed by atoms with Crippen molar-refractivity contribution in [3.05, 3.63) is 35.4 Å². The summed E-state index contributed by atoms with van der Waals surface area (Å²) in [6.45, 7) is 7.38. The molecule has 1 aromatic rings. The van der Waals surface area contributed by atoms with Crippen molar-refractivity contribution >= 4 is 27.7 Å². The van der Waals surface area contributed by atoms with E-state index in [2.05, 4.69) is 35.7 Å². The quantitative estimate of drug-likeness (QED) is 0.484. The van der Waals surface area contributed by atoms with E-state index in [0.717, 1.165) is 17.7 Å². The summed E-state index contributed by atoms with van der Waals surface area (Å²) in [5.74, 6) is 0.698. The molecule has 1 aliphatic heterocycles. The summed E-state index contributed by atoms with van der Waals surface area (Å²) in [6.07, 6.45) is 2.09. The summed E-state index contributed by atoms with van der Waals surface area (Å²) in [7, 11) is -1.63. The Labute approximate surface area is 173 Å². The van der Waals surface area contributed by atoms with Crippen molar-refractivity contribution in [1.29, 1.82) is 0 Å². The Bertz CT molecular complexity index is 760. The van der Waals surface area contributed by atoms with Gasteiger partial charge in [-0.15, -0.1) is 0 Å². The molecule has 0 unspecified atom stereocenters. The molecule has 0 radical (unpaired) electrons. The normalized spacial score (nSPS) is 16.8. The van der Waals surface area contributed by atoms with Gasteiger partial charge in [-0.25, -0.2) is 8.42 Å². The molecule has 1 aliphatic rings. The Morgan fingerprint density at radius 3 is 2.46 bits per heavy atom. The van der Waals surface area contributed by atoms with Crippen LogP contribution in [0.3, 0.4) is 0 Å². The number of ether oxygens (including phenoxy) is 1. The van der Waals surface area contributed by atoms with E-state index in [0.29, 0.717) is 38.8 Å². The molecular formula is C19H32N4O3S2. The van der Waals surface area contributed by atoms with Gasteiger partial charge in [0, 0.05) is 38.0 Å². The van der Waals surface area contributed by atoms with Crippen LogP contribution in [0.25, 0.3) is 0 Å². The highest BCUT2D eigenvalue weighted by Crippen LogP contribution is 2.19. The number of benzene rings is 1. The van der Waals surface area contributed by atoms with Gasteiger partial charge in [0.05, 0.1) is 19.0 Å². The van der Waals surface area contributed by atoms with Crippen LogP contribution in [0, 0.1) is 0 Å². The highest BCUT2D eigenvalue weighted by Gasteiger charge is 2.25. The molecular weight excluding hydrogens is 396 g/mol. The maximum absolute atomic E-state index is 12.8. The lowest BCUT2D eigenvalue weighted by Gasteiger charge is -2.26. The lowest BCUT2D eigenvalue weighted by atomic mass is 10.1. The Kier molecular flexibility index (Phi) is 8.60. The Balaban J connectivity index is 2.01. The maximum Gasteiger partial charge on any atom is 0.218 e. The highest BCUT2D eigenvalue weighted by molar-refractivity contribution is 7.99. The Morgan fingerprint density at radius 1 is 1.21 bits per heavy atom. The predicted molar refractivity (Wildman–Crippen MR) is 117 cm³/mol. The first-order valence-corrected chi connectivity index (χ1v) is 12.2. The number of guanidine groups is 1. The molecule has 1 heterocycles. The SMILES string of the molecule is CN=C(NCc1ccccc1CS(=O)(=O)N1CCOCC1)NCC(C)(C)SC. The van der Waals surface area contributed by atoms with Crippen LogP contribution in [0.5, 0.6) is 0 Å². The van der Waals surface area contributed by atoms with Crippen LogP contribution in [0.15, 0.2) is 29.3 Å². The molecule has 2 rings (SSSR count). The van der Waals surface area contributed by atoms with Gasteiger partial charge in [-0.05, 0) is 31.2 Å². The number of nitrogens with zero attached hydrogens (tertiary/aromatic N) is 2. The van der Waals surface area contributed by atoms with Gasteiger partial charge < -0.3 is 15.4 Å². The third-order valence-electron chi connectivity index (χ3n) is 4.72.